The molecule has 3 atom stereocenters. The van der Waals surface area contributed by atoms with Gasteiger partial charge in [0.15, 0.2) is 11.5 Å². The highest BCUT2D eigenvalue weighted by molar-refractivity contribution is 9.11. The molecule has 0 radical (unpaired) electrons. The Kier molecular flexibility index (Phi) is 15.3. The number of nitrogens with zero attached hydrogens (tertiary/aromatic N) is 2. The van der Waals surface area contributed by atoms with Gasteiger partial charge in [-0.3, -0.25) is 0 Å². The maximum Gasteiger partial charge on any atom is 0.341 e. The summed E-state index contributed by atoms with van der Waals surface area (Å²) in [5.74, 6) is 1.35. The topological polar surface area (TPSA) is 126 Å². The summed E-state index contributed by atoms with van der Waals surface area (Å²) >= 11 is 13.9. The number of esters is 2. The molecule has 7 rings (SSSR count). The van der Waals surface area contributed by atoms with Crippen molar-refractivity contribution in [2.24, 2.45) is 0 Å². The first-order chi connectivity index (χ1) is 29.1. The Morgan fingerprint density at radius 3 is 1.53 bits per heavy atom. The van der Waals surface area contributed by atoms with Crippen LogP contribution in [0.1, 0.15) is 20.7 Å². The van der Waals surface area contributed by atoms with Crippen LogP contribution in [0.2, 0.25) is 0 Å². The first-order valence-corrected chi connectivity index (χ1v) is 23.8. The van der Waals surface area contributed by atoms with Gasteiger partial charge in [0.2, 0.25) is 5.75 Å². The van der Waals surface area contributed by atoms with Gasteiger partial charge in [0.1, 0.15) is 34.3 Å². The zero-order valence-corrected chi connectivity index (χ0v) is 40.2. The number of methoxy groups -OCH3 is 2. The second-order valence-electron chi connectivity index (χ2n) is 11.9. The Morgan fingerprint density at radius 1 is 0.533 bits per heavy atom. The number of halogens is 4. The van der Waals surface area contributed by atoms with Gasteiger partial charge in [-0.15, -0.1) is 0 Å². The van der Waals surface area contributed by atoms with Crippen molar-refractivity contribution >= 4 is 101 Å². The molecule has 308 valence electrons. The molecule has 1 aliphatic heterocycles. The molecule has 0 spiro atoms. The van der Waals surface area contributed by atoms with Crippen LogP contribution >= 0.6 is 89.5 Å². The van der Waals surface area contributed by atoms with Crippen molar-refractivity contribution in [1.29, 1.82) is 0 Å². The van der Waals surface area contributed by atoms with Gasteiger partial charge in [0.25, 0.3) is 8.45 Å². The summed E-state index contributed by atoms with van der Waals surface area (Å²) in [7, 11) is -1.70. The predicted octanol–water partition coefficient (Wildman–Crippen LogP) is 13.5. The SMILES string of the molecule is COC(=O)c1ccc(ON2P(Oc3ccc(C(=O)OC)c(Oc4ccc(Br)cc4)c3Oc3ccc(Br)cc3)NPN(Oc3ccc(Br)cc3)P2Oc2ccc(Br)cc2)cc1. The Morgan fingerprint density at radius 2 is 1.00 bits per heavy atom. The van der Waals surface area contributed by atoms with Crippen molar-refractivity contribution in [3.8, 4) is 46.0 Å². The lowest BCUT2D eigenvalue weighted by molar-refractivity contribution is 0.0588. The molecule has 3 unspecified atom stereocenters. The quantitative estimate of drug-likeness (QED) is 0.0822. The first-order valence-electron chi connectivity index (χ1n) is 17.3. The third-order valence-electron chi connectivity index (χ3n) is 7.90. The number of carbonyl (C=O) groups is 2. The first kappa shape index (κ1) is 44.2. The Hall–Kier alpha value is -3.85. The smallest absolute Gasteiger partial charge is 0.341 e. The van der Waals surface area contributed by atoms with Gasteiger partial charge in [-0.05, 0) is 138 Å². The minimum Gasteiger partial charge on any atom is -0.465 e. The van der Waals surface area contributed by atoms with Gasteiger partial charge in [-0.1, -0.05) is 63.7 Å². The molecule has 0 bridgehead atoms. The van der Waals surface area contributed by atoms with Gasteiger partial charge < -0.3 is 37.7 Å². The third-order valence-corrected chi connectivity index (χ3v) is 15.1. The van der Waals surface area contributed by atoms with Crippen LogP contribution in [0.3, 0.4) is 0 Å². The van der Waals surface area contributed by atoms with E-state index in [9.17, 15) is 9.59 Å². The van der Waals surface area contributed by atoms with Crippen molar-refractivity contribution in [2.45, 2.75) is 0 Å². The fourth-order valence-corrected chi connectivity index (χ4v) is 11.7. The average molecular weight is 1130 g/mol. The molecule has 20 heteroatoms. The van der Waals surface area contributed by atoms with E-state index < -0.39 is 28.8 Å². The summed E-state index contributed by atoms with van der Waals surface area (Å²) in [5.41, 5.74) is 0.411. The number of carbonyl (C=O) groups excluding carboxylic acids is 2. The van der Waals surface area contributed by atoms with Gasteiger partial charge in [0.05, 0.1) is 28.7 Å². The van der Waals surface area contributed by atoms with Crippen LogP contribution in [0.4, 0.5) is 0 Å². The van der Waals surface area contributed by atoms with Crippen LogP contribution in [0, 0.1) is 0 Å². The highest BCUT2D eigenvalue weighted by Crippen LogP contribution is 2.66. The minimum atomic E-state index is -2.03. The van der Waals surface area contributed by atoms with Crippen molar-refractivity contribution in [3.63, 3.8) is 0 Å². The fourth-order valence-electron chi connectivity index (χ4n) is 5.04. The normalized spacial score (nSPS) is 15.8. The molecule has 1 fully saturated rings. The molecule has 13 nitrogen and oxygen atoms in total. The standard InChI is InChI=1S/C40H30Br4N3O10P3/c1-50-39(48)25-3-13-33(14-4-25)55-47-59(45-58-46(54-32-19-9-28(43)10-20-32)60(47)56-34-21-11-29(44)12-22-34)57-36-24-23-35(40(49)51-2)37(52-30-15-5-26(41)6-16-30)38(36)53-31-17-7-27(42)8-18-31/h3-24,45,58H,1-2H3. The second kappa shape index (κ2) is 20.8. The van der Waals surface area contributed by atoms with Gasteiger partial charge in [0, 0.05) is 22.5 Å². The summed E-state index contributed by atoms with van der Waals surface area (Å²) in [6.45, 7) is 0. The van der Waals surface area contributed by atoms with Crippen LogP contribution in [-0.2, 0) is 9.47 Å². The molecule has 0 saturated carbocycles. The molecule has 1 saturated heterocycles. The maximum absolute atomic E-state index is 13.3. The highest BCUT2D eigenvalue weighted by atomic mass is 79.9. The molecule has 6 aromatic carbocycles. The maximum atomic E-state index is 13.3. The zero-order valence-electron chi connectivity index (χ0n) is 31.1. The lowest BCUT2D eigenvalue weighted by Gasteiger charge is -2.41. The number of hydrogen-bond donors (Lipinski definition) is 1. The molecule has 1 heterocycles. The number of nitrogens with one attached hydrogen (secondary N) is 1. The van der Waals surface area contributed by atoms with Gasteiger partial charge in [-0.2, -0.15) is 0 Å². The van der Waals surface area contributed by atoms with Crippen molar-refractivity contribution in [2.75, 3.05) is 14.2 Å². The summed E-state index contributed by atoms with van der Waals surface area (Å²) < 4.78 is 43.2. The molecule has 1 aliphatic rings. The minimum absolute atomic E-state index is 0.0403. The molecule has 0 aromatic heterocycles. The highest BCUT2D eigenvalue weighted by Gasteiger charge is 2.47. The molecular formula is C40H30Br4N3O10P3. The van der Waals surface area contributed by atoms with Crippen LogP contribution in [0.25, 0.3) is 0 Å². The van der Waals surface area contributed by atoms with E-state index in [-0.39, 0.29) is 31.7 Å². The lowest BCUT2D eigenvalue weighted by Crippen LogP contribution is -2.37. The lowest BCUT2D eigenvalue weighted by atomic mass is 10.1. The van der Waals surface area contributed by atoms with Crippen LogP contribution in [-0.4, -0.2) is 35.4 Å². The number of hydrogen-bond acceptors (Lipinski definition) is 13. The molecule has 60 heavy (non-hydrogen) atoms. The average Bonchev–Trinajstić information content (AvgIpc) is 3.26. The van der Waals surface area contributed by atoms with Crippen LogP contribution in [0.15, 0.2) is 151 Å². The molecule has 1 N–H and O–H groups in total. The van der Waals surface area contributed by atoms with E-state index in [0.29, 0.717) is 34.3 Å². The molecule has 6 aromatic rings. The van der Waals surface area contributed by atoms with Crippen LogP contribution < -0.4 is 33.1 Å². The predicted molar refractivity (Wildman–Crippen MR) is 244 cm³/mol. The summed E-state index contributed by atoms with van der Waals surface area (Å²) in [6, 6.07) is 38.4. The van der Waals surface area contributed by atoms with E-state index in [0.717, 1.165) is 17.9 Å². The third kappa shape index (κ3) is 11.3. The van der Waals surface area contributed by atoms with Crippen LogP contribution in [0.5, 0.6) is 46.0 Å². The van der Waals surface area contributed by atoms with Gasteiger partial charge >= 0.3 is 20.4 Å². The zero-order chi connectivity index (χ0) is 42.2. The van der Waals surface area contributed by atoms with E-state index in [4.69, 9.17) is 37.7 Å². The van der Waals surface area contributed by atoms with E-state index in [1.165, 1.54) is 24.9 Å². The Balaban J connectivity index is 1.33. The number of rotatable bonds is 14. The largest absolute Gasteiger partial charge is 0.465 e. The Bertz CT molecular complexity index is 2420. The molecule has 0 aliphatic carbocycles. The van der Waals surface area contributed by atoms with E-state index in [1.807, 2.05) is 72.8 Å². The summed E-state index contributed by atoms with van der Waals surface area (Å²) in [4.78, 5) is 42.1. The van der Waals surface area contributed by atoms with E-state index in [2.05, 4.69) is 68.6 Å². The van der Waals surface area contributed by atoms with E-state index in [1.54, 1.807) is 59.2 Å². The summed E-state index contributed by atoms with van der Waals surface area (Å²) in [5, 5.41) is 0. The number of benzene rings is 6. The van der Waals surface area contributed by atoms with Crippen molar-refractivity contribution < 1.29 is 47.3 Å². The van der Waals surface area contributed by atoms with E-state index >= 15 is 0 Å². The second-order valence-corrected chi connectivity index (χ2v) is 20.3. The molecular weight excluding hydrogens is 1090 g/mol. The monoisotopic (exact) mass is 1120 g/mol. The fraction of sp³-hybridized carbons (Fsp3) is 0.0500. The number of ether oxygens (including phenoxy) is 4. The van der Waals surface area contributed by atoms with Crippen molar-refractivity contribution in [3.05, 3.63) is 162 Å². The van der Waals surface area contributed by atoms with Crippen molar-refractivity contribution in [1.82, 2.24) is 14.1 Å². The molecule has 0 amide bonds. The summed E-state index contributed by atoms with van der Waals surface area (Å²) in [6.07, 6.45) is 0. The Labute approximate surface area is 382 Å². The van der Waals surface area contributed by atoms with Gasteiger partial charge in [-0.25, -0.2) is 14.4 Å².